The van der Waals surface area contributed by atoms with E-state index in [9.17, 15) is 9.59 Å². The first kappa shape index (κ1) is 18.8. The quantitative estimate of drug-likeness (QED) is 0.738. The van der Waals surface area contributed by atoms with E-state index in [2.05, 4.69) is 15.3 Å². The summed E-state index contributed by atoms with van der Waals surface area (Å²) in [5.41, 5.74) is 2.67. The van der Waals surface area contributed by atoms with Crippen LogP contribution in [0.25, 0.3) is 0 Å². The third-order valence-electron chi connectivity index (χ3n) is 5.74. The van der Waals surface area contributed by atoms with E-state index >= 15 is 4.39 Å². The largest absolute Gasteiger partial charge is 0.471 e. The Bertz CT molecular complexity index is 1230. The zero-order valence-corrected chi connectivity index (χ0v) is 16.8. The predicted molar refractivity (Wildman–Crippen MR) is 112 cm³/mol. The van der Waals surface area contributed by atoms with Gasteiger partial charge in [0.1, 0.15) is 6.17 Å². The second-order valence-electron chi connectivity index (χ2n) is 7.62. The molecule has 2 aromatic rings. The average Bonchev–Trinajstić information content (AvgIpc) is 3.06. The second-order valence-corrected chi connectivity index (χ2v) is 7.62. The predicted octanol–water partition coefficient (Wildman–Crippen LogP) is 2.89. The maximum Gasteiger partial charge on any atom is 0.352 e. The van der Waals surface area contributed by atoms with Gasteiger partial charge in [-0.2, -0.15) is 0 Å². The summed E-state index contributed by atoms with van der Waals surface area (Å²) in [5.74, 6) is -0.406. The number of carbonyl (C=O) groups excluding carboxylic acids is 2. The number of guanidine groups is 1. The maximum absolute atomic E-state index is 15.1. The van der Waals surface area contributed by atoms with Crippen LogP contribution in [0.2, 0.25) is 0 Å². The summed E-state index contributed by atoms with van der Waals surface area (Å²) in [6, 6.07) is 10.4. The van der Waals surface area contributed by atoms with Crippen molar-refractivity contribution < 1.29 is 28.2 Å². The van der Waals surface area contributed by atoms with Crippen molar-refractivity contribution in [2.45, 2.75) is 31.6 Å². The van der Waals surface area contributed by atoms with Gasteiger partial charge in [0.2, 0.25) is 18.3 Å². The van der Waals surface area contributed by atoms with Crippen LogP contribution in [0.15, 0.2) is 46.4 Å². The molecule has 162 valence electrons. The minimum atomic E-state index is -1.50. The fraction of sp³-hybridized carbons (Fsp3) is 0.273. The van der Waals surface area contributed by atoms with Crippen molar-refractivity contribution in [2.24, 2.45) is 9.98 Å². The summed E-state index contributed by atoms with van der Waals surface area (Å²) in [4.78, 5) is 34.7. The first-order valence-electron chi connectivity index (χ1n) is 10.2. The van der Waals surface area contributed by atoms with Crippen molar-refractivity contribution in [1.29, 1.82) is 0 Å². The monoisotopic (exact) mass is 436 g/mol. The van der Waals surface area contributed by atoms with E-state index in [1.807, 2.05) is 0 Å². The number of hydrogen-bond donors (Lipinski definition) is 1. The lowest BCUT2D eigenvalue weighted by molar-refractivity contribution is -0.154. The summed E-state index contributed by atoms with van der Waals surface area (Å²) >= 11 is 0. The number of ether oxygens (including phenoxy) is 3. The van der Waals surface area contributed by atoms with E-state index in [0.29, 0.717) is 33.8 Å². The Hall–Kier alpha value is -3.95. The Morgan fingerprint density at radius 1 is 1.25 bits per heavy atom. The highest BCUT2D eigenvalue weighted by Crippen LogP contribution is 2.48. The average molecular weight is 436 g/mol. The first-order chi connectivity index (χ1) is 15.5. The topological polar surface area (TPSA) is 102 Å². The molecule has 0 amide bonds. The minimum Gasteiger partial charge on any atom is -0.471 e. The van der Waals surface area contributed by atoms with Crippen molar-refractivity contribution in [1.82, 2.24) is 0 Å². The van der Waals surface area contributed by atoms with Crippen molar-refractivity contribution >= 4 is 35.5 Å². The van der Waals surface area contributed by atoms with Crippen molar-refractivity contribution in [3.05, 3.63) is 53.1 Å². The number of rotatable bonds is 3. The number of halogens is 1. The summed E-state index contributed by atoms with van der Waals surface area (Å²) < 4.78 is 31.4. The molecule has 0 fully saturated rings. The number of nitrogens with zero attached hydrogens (tertiary/aromatic N) is 3. The molecule has 4 unspecified atom stereocenters. The van der Waals surface area contributed by atoms with Crippen LogP contribution in [0.4, 0.5) is 15.8 Å². The number of para-hydroxylation sites is 1. The van der Waals surface area contributed by atoms with Gasteiger partial charge in [-0.05, 0) is 25.1 Å². The molecule has 9 nitrogen and oxygen atoms in total. The SMILES string of the molecule is CCOC(=O)C1Oc2c1cccc2N1C2=NC3OC(=O)c4cc(ccc43)NC1C(F)C=N2. The van der Waals surface area contributed by atoms with Crippen LogP contribution in [0.3, 0.4) is 0 Å². The van der Waals surface area contributed by atoms with Gasteiger partial charge >= 0.3 is 11.9 Å². The zero-order valence-electron chi connectivity index (χ0n) is 16.8. The highest BCUT2D eigenvalue weighted by Gasteiger charge is 2.44. The van der Waals surface area contributed by atoms with Crippen LogP contribution >= 0.6 is 0 Å². The number of benzene rings is 2. The summed E-state index contributed by atoms with van der Waals surface area (Å²) in [7, 11) is 0. The smallest absolute Gasteiger partial charge is 0.352 e. The van der Waals surface area contributed by atoms with Gasteiger partial charge in [0.05, 0.1) is 17.9 Å². The molecule has 2 aromatic carbocycles. The molecule has 6 bridgehead atoms. The number of aliphatic imine (C=N–C) groups is 2. The molecule has 0 saturated carbocycles. The lowest BCUT2D eigenvalue weighted by Gasteiger charge is -2.41. The number of anilines is 2. The standard InChI is InChI=1S/C22H17FN4O5/c1-2-30-21(29)17-12-4-3-5-15(16(12)31-17)27-18-14(23)9-24-22(27)26-19-11-7-6-10(25-18)8-13(11)20(28)32-19/h3-9,14,17-19,25H,2H2,1H3. The van der Waals surface area contributed by atoms with Crippen LogP contribution < -0.4 is 15.0 Å². The minimum absolute atomic E-state index is 0.154. The normalized spacial score (nSPS) is 26.2. The van der Waals surface area contributed by atoms with E-state index in [-0.39, 0.29) is 12.6 Å². The Labute approximate surface area is 181 Å². The number of fused-ring (bicyclic) bond motifs is 2. The van der Waals surface area contributed by atoms with E-state index in [0.717, 1.165) is 6.21 Å². The zero-order chi connectivity index (χ0) is 22.0. The number of hydrogen-bond acceptors (Lipinski definition) is 9. The highest BCUT2D eigenvalue weighted by molar-refractivity contribution is 6.07. The van der Waals surface area contributed by atoms with Gasteiger partial charge in [-0.15, -0.1) is 0 Å². The van der Waals surface area contributed by atoms with E-state index < -0.39 is 36.6 Å². The molecule has 1 N–H and O–H groups in total. The highest BCUT2D eigenvalue weighted by atomic mass is 19.1. The summed E-state index contributed by atoms with van der Waals surface area (Å²) in [5, 5.41) is 3.13. The van der Waals surface area contributed by atoms with E-state index in [4.69, 9.17) is 14.2 Å². The van der Waals surface area contributed by atoms with Gasteiger partial charge in [-0.25, -0.2) is 24.0 Å². The fourth-order valence-electron chi connectivity index (χ4n) is 4.27. The Kier molecular flexibility index (Phi) is 3.98. The van der Waals surface area contributed by atoms with Crippen molar-refractivity contribution in [3.63, 3.8) is 0 Å². The van der Waals surface area contributed by atoms with Gasteiger partial charge < -0.3 is 19.5 Å². The molecule has 7 rings (SSSR count). The molecule has 0 aromatic heterocycles. The molecule has 4 atom stereocenters. The van der Waals surface area contributed by atoms with Crippen LogP contribution in [-0.4, -0.2) is 43.1 Å². The molecule has 0 saturated heterocycles. The molecule has 5 heterocycles. The Morgan fingerprint density at radius 3 is 2.97 bits per heavy atom. The van der Waals surface area contributed by atoms with Gasteiger partial charge in [0.15, 0.2) is 11.9 Å². The molecular weight excluding hydrogens is 419 g/mol. The Balaban J connectivity index is 1.47. The third-order valence-corrected chi connectivity index (χ3v) is 5.74. The fourth-order valence-corrected chi connectivity index (χ4v) is 4.27. The van der Waals surface area contributed by atoms with Gasteiger partial charge in [0.25, 0.3) is 0 Å². The molecule has 0 radical (unpaired) electrons. The van der Waals surface area contributed by atoms with Crippen LogP contribution in [0.1, 0.15) is 40.7 Å². The number of nitrogens with one attached hydrogen (secondary N) is 1. The summed E-state index contributed by atoms with van der Waals surface area (Å²) in [6.45, 7) is 1.96. The number of esters is 2. The van der Waals surface area contributed by atoms with Crippen molar-refractivity contribution in [3.8, 4) is 5.75 Å². The van der Waals surface area contributed by atoms with E-state index in [1.165, 1.54) is 0 Å². The van der Waals surface area contributed by atoms with Crippen LogP contribution in [-0.2, 0) is 14.3 Å². The third kappa shape index (κ3) is 2.62. The van der Waals surface area contributed by atoms with Crippen LogP contribution in [0, 0.1) is 0 Å². The Morgan fingerprint density at radius 2 is 2.12 bits per heavy atom. The molecular formula is C22H17FN4O5. The van der Waals surface area contributed by atoms with Gasteiger partial charge in [-0.1, -0.05) is 18.2 Å². The molecule has 5 aliphatic rings. The van der Waals surface area contributed by atoms with Gasteiger partial charge in [0, 0.05) is 23.0 Å². The molecule has 32 heavy (non-hydrogen) atoms. The molecule has 0 aliphatic carbocycles. The summed E-state index contributed by atoms with van der Waals surface area (Å²) in [6.07, 6.45) is -2.98. The van der Waals surface area contributed by atoms with Gasteiger partial charge in [-0.3, -0.25) is 4.90 Å². The number of carbonyl (C=O) groups is 2. The number of alkyl halides is 1. The van der Waals surface area contributed by atoms with Crippen molar-refractivity contribution in [2.75, 3.05) is 16.8 Å². The lowest BCUT2D eigenvalue weighted by atomic mass is 10.00. The molecule has 0 spiro atoms. The van der Waals surface area contributed by atoms with Crippen LogP contribution in [0.5, 0.6) is 5.75 Å². The molecule has 10 heteroatoms. The molecule has 5 aliphatic heterocycles. The first-order valence-corrected chi connectivity index (χ1v) is 10.2. The second kappa shape index (κ2) is 6.78. The maximum atomic E-state index is 15.1. The van der Waals surface area contributed by atoms with E-state index in [1.54, 1.807) is 48.2 Å². The lowest BCUT2D eigenvalue weighted by Crippen LogP contribution is -2.54.